The molecule has 78 valence electrons. The van der Waals surface area contributed by atoms with Crippen LogP contribution >= 0.6 is 15.9 Å². The summed E-state index contributed by atoms with van der Waals surface area (Å²) >= 11 is 3.05. The van der Waals surface area contributed by atoms with E-state index < -0.39 is 5.63 Å². The van der Waals surface area contributed by atoms with E-state index in [4.69, 9.17) is 9.52 Å². The van der Waals surface area contributed by atoms with Gasteiger partial charge < -0.3 is 9.52 Å². The van der Waals surface area contributed by atoms with Crippen LogP contribution in [0.15, 0.2) is 30.6 Å². The summed E-state index contributed by atoms with van der Waals surface area (Å²) in [6, 6.07) is 2.69. The second kappa shape index (κ2) is 3.63. The smallest absolute Gasteiger partial charge is 0.337 e. The topological polar surface area (TPSA) is 83.3 Å². The van der Waals surface area contributed by atoms with Gasteiger partial charge in [-0.05, 0) is 27.6 Å². The second-order valence-electron chi connectivity index (χ2n) is 2.94. The Hall–Kier alpha value is -1.40. The van der Waals surface area contributed by atoms with E-state index in [1.165, 1.54) is 12.1 Å². The van der Waals surface area contributed by atoms with Crippen LogP contribution in [0.3, 0.4) is 0 Å². The molecular formula is C9H6BrNO4. The summed E-state index contributed by atoms with van der Waals surface area (Å²) in [6.45, 7) is -0.291. The number of pyridine rings is 1. The molecule has 0 aliphatic heterocycles. The number of nitrogens with one attached hydrogen (secondary N) is 1. The van der Waals surface area contributed by atoms with E-state index in [2.05, 4.69) is 20.9 Å². The first-order valence-electron chi connectivity index (χ1n) is 4.08. The molecule has 6 heteroatoms. The molecule has 0 atom stereocenters. The van der Waals surface area contributed by atoms with Gasteiger partial charge in [-0.2, -0.15) is 0 Å². The lowest BCUT2D eigenvalue weighted by molar-refractivity contribution is 0.282. The Morgan fingerprint density at radius 2 is 2.13 bits per heavy atom. The van der Waals surface area contributed by atoms with Gasteiger partial charge in [-0.15, -0.1) is 0 Å². The minimum atomic E-state index is -0.607. The first-order chi connectivity index (χ1) is 7.11. The van der Waals surface area contributed by atoms with Crippen molar-refractivity contribution in [3.8, 4) is 0 Å². The molecule has 0 aliphatic rings. The lowest BCUT2D eigenvalue weighted by atomic mass is 10.2. The summed E-state index contributed by atoms with van der Waals surface area (Å²) in [7, 11) is 0. The van der Waals surface area contributed by atoms with Crippen LogP contribution in [0.5, 0.6) is 0 Å². The predicted octanol–water partition coefficient (Wildman–Crippen LogP) is 0.736. The van der Waals surface area contributed by atoms with Crippen LogP contribution in [0.4, 0.5) is 0 Å². The van der Waals surface area contributed by atoms with Crippen molar-refractivity contribution in [1.82, 2.24) is 4.98 Å². The Labute approximate surface area is 91.5 Å². The SMILES string of the molecule is O=c1cc(CO)c2cc(Br)c(=O)[nH]c2o1. The van der Waals surface area contributed by atoms with Crippen molar-refractivity contribution in [2.45, 2.75) is 6.61 Å². The van der Waals surface area contributed by atoms with Crippen LogP contribution in [-0.4, -0.2) is 10.1 Å². The molecule has 0 radical (unpaired) electrons. The van der Waals surface area contributed by atoms with Crippen molar-refractivity contribution in [3.05, 3.63) is 42.9 Å². The van der Waals surface area contributed by atoms with Gasteiger partial charge in [0.2, 0.25) is 5.71 Å². The normalized spacial score (nSPS) is 10.8. The Bertz CT molecular complexity index is 628. The number of halogens is 1. The van der Waals surface area contributed by atoms with E-state index in [1.54, 1.807) is 0 Å². The highest BCUT2D eigenvalue weighted by Crippen LogP contribution is 2.16. The van der Waals surface area contributed by atoms with Gasteiger partial charge in [-0.3, -0.25) is 9.78 Å². The summed E-state index contributed by atoms with van der Waals surface area (Å²) in [5.74, 6) is 0. The number of hydrogen-bond acceptors (Lipinski definition) is 4. The Morgan fingerprint density at radius 1 is 1.40 bits per heavy atom. The van der Waals surface area contributed by atoms with Gasteiger partial charge in [-0.25, -0.2) is 4.79 Å². The van der Waals surface area contributed by atoms with E-state index in [1.807, 2.05) is 0 Å². The molecule has 2 aromatic heterocycles. The van der Waals surface area contributed by atoms with Gasteiger partial charge in [0.05, 0.1) is 11.1 Å². The first-order valence-corrected chi connectivity index (χ1v) is 4.87. The molecule has 0 spiro atoms. The zero-order chi connectivity index (χ0) is 11.0. The van der Waals surface area contributed by atoms with Gasteiger partial charge in [0.25, 0.3) is 5.56 Å². The van der Waals surface area contributed by atoms with E-state index in [0.717, 1.165) is 0 Å². The van der Waals surface area contributed by atoms with E-state index >= 15 is 0 Å². The molecule has 15 heavy (non-hydrogen) atoms. The third-order valence-electron chi connectivity index (χ3n) is 1.97. The Morgan fingerprint density at radius 3 is 2.80 bits per heavy atom. The highest BCUT2D eigenvalue weighted by molar-refractivity contribution is 9.10. The minimum Gasteiger partial charge on any atom is -0.406 e. The van der Waals surface area contributed by atoms with Crippen LogP contribution < -0.4 is 11.2 Å². The Kier molecular flexibility index (Phi) is 2.45. The van der Waals surface area contributed by atoms with E-state index in [0.29, 0.717) is 15.4 Å². The molecule has 0 fully saturated rings. The highest BCUT2D eigenvalue weighted by atomic mass is 79.9. The molecule has 0 saturated heterocycles. The largest absolute Gasteiger partial charge is 0.406 e. The monoisotopic (exact) mass is 271 g/mol. The van der Waals surface area contributed by atoms with Crippen LogP contribution in [0, 0.1) is 0 Å². The molecule has 0 aliphatic carbocycles. The zero-order valence-corrected chi connectivity index (χ0v) is 9.00. The van der Waals surface area contributed by atoms with E-state index in [-0.39, 0.29) is 17.9 Å². The zero-order valence-electron chi connectivity index (χ0n) is 7.41. The van der Waals surface area contributed by atoms with Crippen molar-refractivity contribution in [1.29, 1.82) is 0 Å². The quantitative estimate of drug-likeness (QED) is 0.801. The van der Waals surface area contributed by atoms with Crippen LogP contribution in [0.25, 0.3) is 11.1 Å². The van der Waals surface area contributed by atoms with Gasteiger partial charge in [0.1, 0.15) is 0 Å². The number of H-pyrrole nitrogens is 1. The predicted molar refractivity (Wildman–Crippen MR) is 56.7 cm³/mol. The maximum atomic E-state index is 11.2. The molecular weight excluding hydrogens is 266 g/mol. The maximum Gasteiger partial charge on any atom is 0.337 e. The van der Waals surface area contributed by atoms with Gasteiger partial charge in [0.15, 0.2) is 0 Å². The lowest BCUT2D eigenvalue weighted by Crippen LogP contribution is -2.09. The van der Waals surface area contributed by atoms with Gasteiger partial charge in [-0.1, -0.05) is 0 Å². The number of aromatic nitrogens is 1. The summed E-state index contributed by atoms with van der Waals surface area (Å²) in [4.78, 5) is 24.7. The third kappa shape index (κ3) is 1.73. The fourth-order valence-corrected chi connectivity index (χ4v) is 1.62. The summed E-state index contributed by atoms with van der Waals surface area (Å²) in [6.07, 6.45) is 0. The van der Waals surface area contributed by atoms with Crippen molar-refractivity contribution >= 4 is 27.0 Å². The number of aliphatic hydroxyl groups excluding tert-OH is 1. The molecule has 2 aromatic rings. The standard InChI is InChI=1S/C9H6BrNO4/c10-6-2-5-4(3-12)1-7(13)15-9(5)11-8(6)14/h1-2,12H,3H2,(H,11,14). The fraction of sp³-hybridized carbons (Fsp3) is 0.111. The third-order valence-corrected chi connectivity index (χ3v) is 2.56. The highest BCUT2D eigenvalue weighted by Gasteiger charge is 2.07. The summed E-state index contributed by atoms with van der Waals surface area (Å²) in [5, 5.41) is 9.54. The van der Waals surface area contributed by atoms with Crippen LogP contribution in [0.1, 0.15) is 5.56 Å². The molecule has 5 nitrogen and oxygen atoms in total. The van der Waals surface area contributed by atoms with Crippen LogP contribution in [-0.2, 0) is 6.61 Å². The Balaban J connectivity index is 2.97. The average Bonchev–Trinajstić information content (AvgIpc) is 2.19. The van der Waals surface area contributed by atoms with Crippen LogP contribution in [0.2, 0.25) is 0 Å². The van der Waals surface area contributed by atoms with Crippen molar-refractivity contribution in [2.24, 2.45) is 0 Å². The van der Waals surface area contributed by atoms with Crippen molar-refractivity contribution < 1.29 is 9.52 Å². The number of hydrogen-bond donors (Lipinski definition) is 2. The van der Waals surface area contributed by atoms with Crippen molar-refractivity contribution in [2.75, 3.05) is 0 Å². The molecule has 2 N–H and O–H groups in total. The molecule has 2 heterocycles. The average molecular weight is 272 g/mol. The number of aliphatic hydroxyl groups is 1. The first kappa shape index (κ1) is 10.1. The summed E-state index contributed by atoms with van der Waals surface area (Å²) in [5.41, 5.74) is -0.511. The van der Waals surface area contributed by atoms with Gasteiger partial charge >= 0.3 is 5.63 Å². The molecule has 2 rings (SSSR count). The van der Waals surface area contributed by atoms with Gasteiger partial charge in [0, 0.05) is 11.5 Å². The molecule has 0 unspecified atom stereocenters. The fourth-order valence-electron chi connectivity index (χ4n) is 1.29. The lowest BCUT2D eigenvalue weighted by Gasteiger charge is -2.01. The minimum absolute atomic E-state index is 0.0692. The molecule has 0 aromatic carbocycles. The molecule has 0 amide bonds. The van der Waals surface area contributed by atoms with Crippen molar-refractivity contribution in [3.63, 3.8) is 0 Å². The summed E-state index contributed by atoms with van der Waals surface area (Å²) < 4.78 is 5.11. The molecule has 0 saturated carbocycles. The number of rotatable bonds is 1. The number of aromatic amines is 1. The second-order valence-corrected chi connectivity index (χ2v) is 3.79. The maximum absolute atomic E-state index is 11.2. The number of fused-ring (bicyclic) bond motifs is 1. The van der Waals surface area contributed by atoms with E-state index in [9.17, 15) is 9.59 Å². The molecule has 0 bridgehead atoms.